The van der Waals surface area contributed by atoms with Gasteiger partial charge in [0.25, 0.3) is 0 Å². The Morgan fingerprint density at radius 1 is 0.780 bits per heavy atom. The first kappa shape index (κ1) is 58.8. The van der Waals surface area contributed by atoms with Crippen LogP contribution in [0.15, 0.2) is 0 Å². The van der Waals surface area contributed by atoms with Gasteiger partial charge < -0.3 is 44.0 Å². The zero-order valence-electron chi connectivity index (χ0n) is 37.9. The van der Waals surface area contributed by atoms with Crippen molar-refractivity contribution in [3.8, 4) is 0 Å². The van der Waals surface area contributed by atoms with E-state index in [1.54, 1.807) is 20.8 Å². The molecule has 3 N–H and O–H groups in total. The molecule has 0 aromatic heterocycles. The summed E-state index contributed by atoms with van der Waals surface area (Å²) >= 11 is 0. The number of aliphatic hydroxyl groups excluding tert-OH is 1. The maximum absolute atomic E-state index is 14.2. The monoisotopic (exact) mass is 859 g/mol. The molecular formula is C41H75LiN2O14S. The summed E-state index contributed by atoms with van der Waals surface area (Å²) in [6.45, 7) is 15.0. The maximum Gasteiger partial charge on any atom is 1.00 e. The summed E-state index contributed by atoms with van der Waals surface area (Å²) in [7, 11) is -3.28. The van der Waals surface area contributed by atoms with E-state index in [0.29, 0.717) is 6.61 Å². The molecule has 0 saturated carbocycles. The van der Waals surface area contributed by atoms with Crippen molar-refractivity contribution in [2.24, 2.45) is 34.5 Å². The second-order valence-electron chi connectivity index (χ2n) is 16.7. The number of unbranched alkanes of at least 4 members (excludes halogenated alkanes) is 2. The first-order chi connectivity index (χ1) is 27.1. The van der Waals surface area contributed by atoms with Gasteiger partial charge in [-0.05, 0) is 78.6 Å². The molecule has 0 rings (SSSR count). The smallest absolute Gasteiger partial charge is 0.748 e. The van der Waals surface area contributed by atoms with Gasteiger partial charge in [-0.1, -0.05) is 60.3 Å². The van der Waals surface area contributed by atoms with E-state index in [4.69, 9.17) is 23.7 Å². The van der Waals surface area contributed by atoms with Crippen molar-refractivity contribution in [1.29, 1.82) is 0 Å². The molecule has 0 aliphatic carbocycles. The van der Waals surface area contributed by atoms with E-state index in [1.165, 1.54) is 27.9 Å². The van der Waals surface area contributed by atoms with Gasteiger partial charge in [0, 0.05) is 31.1 Å². The number of methoxy groups -OCH3 is 1. The Morgan fingerprint density at radius 3 is 1.86 bits per heavy atom. The third kappa shape index (κ3) is 24.1. The van der Waals surface area contributed by atoms with Crippen molar-refractivity contribution in [2.75, 3.05) is 59.2 Å². The van der Waals surface area contributed by atoms with E-state index >= 15 is 0 Å². The molecule has 0 fully saturated rings. The fourth-order valence-electron chi connectivity index (χ4n) is 7.07. The summed E-state index contributed by atoms with van der Waals surface area (Å²) in [6.07, 6.45) is 4.76. The summed E-state index contributed by atoms with van der Waals surface area (Å²) in [5.74, 6) is -6.66. The van der Waals surface area contributed by atoms with Crippen LogP contribution in [-0.2, 0) is 57.8 Å². The van der Waals surface area contributed by atoms with Crippen LogP contribution < -0.4 is 29.5 Å². The third-order valence-corrected chi connectivity index (χ3v) is 11.4. The number of ether oxygens (including phenoxy) is 5. The van der Waals surface area contributed by atoms with Gasteiger partial charge in [0.2, 0.25) is 11.8 Å². The van der Waals surface area contributed by atoms with Crippen LogP contribution in [0.25, 0.3) is 0 Å². The van der Waals surface area contributed by atoms with E-state index in [1.807, 2.05) is 13.8 Å². The second-order valence-corrected chi connectivity index (χ2v) is 18.1. The van der Waals surface area contributed by atoms with Gasteiger partial charge in [-0.15, -0.1) is 0 Å². The Kier molecular flexibility index (Phi) is 29.8. The molecule has 0 aliphatic heterocycles. The summed E-state index contributed by atoms with van der Waals surface area (Å²) in [4.78, 5) is 69.1. The molecule has 340 valence electrons. The van der Waals surface area contributed by atoms with Crippen LogP contribution in [0, 0.1) is 34.5 Å². The van der Waals surface area contributed by atoms with Gasteiger partial charge in [-0.3, -0.25) is 24.0 Å². The number of hydrogen-bond donors (Lipinski definition) is 3. The summed E-state index contributed by atoms with van der Waals surface area (Å²) in [5, 5.41) is 14.9. The number of esters is 3. The molecule has 0 bridgehead atoms. The minimum Gasteiger partial charge on any atom is -0.748 e. The molecule has 0 heterocycles. The minimum absolute atomic E-state index is 0. The number of amides is 2. The Labute approximate surface area is 366 Å². The van der Waals surface area contributed by atoms with Crippen molar-refractivity contribution in [3.63, 3.8) is 0 Å². The van der Waals surface area contributed by atoms with E-state index in [2.05, 4.69) is 17.6 Å². The normalized spacial score (nSPS) is 15.9. The fourth-order valence-corrected chi connectivity index (χ4v) is 8.03. The minimum atomic E-state index is -4.71. The summed E-state index contributed by atoms with van der Waals surface area (Å²) in [5.41, 5.74) is -4.69. The largest absolute Gasteiger partial charge is 1.00 e. The van der Waals surface area contributed by atoms with E-state index in [0.717, 1.165) is 38.5 Å². The first-order valence-corrected chi connectivity index (χ1v) is 22.4. The molecule has 2 amide bonds. The predicted molar refractivity (Wildman–Crippen MR) is 217 cm³/mol. The predicted octanol–water partition coefficient (Wildman–Crippen LogP) is 1.66. The van der Waals surface area contributed by atoms with Crippen molar-refractivity contribution < 1.29 is 84.6 Å². The van der Waals surface area contributed by atoms with Crippen LogP contribution in [0.5, 0.6) is 0 Å². The SMILES string of the molecule is CCCCOCNC(=O)C(C)CC(CC(C)(CC(C)(CC(CC)C(=O)NC(C)(C)CS(=O)(=O)[O-])C(=O)OCCO)C(=O)OCCOC)C(=O)OCC(CC)CCCC.[Li+]. The third-order valence-electron chi connectivity index (χ3n) is 10.3. The van der Waals surface area contributed by atoms with Crippen LogP contribution in [-0.4, -0.2) is 113 Å². The Balaban J connectivity index is 0. The summed E-state index contributed by atoms with van der Waals surface area (Å²) in [6, 6.07) is 0. The number of hydrogen-bond acceptors (Lipinski definition) is 14. The zero-order chi connectivity index (χ0) is 44.6. The van der Waals surface area contributed by atoms with Crippen LogP contribution in [0.2, 0.25) is 0 Å². The molecule has 0 aromatic rings. The Morgan fingerprint density at radius 2 is 1.36 bits per heavy atom. The van der Waals surface area contributed by atoms with E-state index in [-0.39, 0.29) is 95.9 Å². The van der Waals surface area contributed by atoms with Crippen molar-refractivity contribution in [2.45, 2.75) is 138 Å². The molecule has 0 spiro atoms. The molecule has 0 aromatic carbocycles. The van der Waals surface area contributed by atoms with Crippen LogP contribution in [0.3, 0.4) is 0 Å². The molecular weight excluding hydrogens is 783 g/mol. The molecule has 0 aliphatic rings. The molecule has 6 unspecified atom stereocenters. The first-order valence-electron chi connectivity index (χ1n) is 20.8. The molecule has 0 saturated heterocycles. The second kappa shape index (κ2) is 29.9. The van der Waals surface area contributed by atoms with Crippen LogP contribution in [0.1, 0.15) is 133 Å². The number of nitrogens with one attached hydrogen (secondary N) is 2. The van der Waals surface area contributed by atoms with Gasteiger partial charge in [-0.2, -0.15) is 0 Å². The van der Waals surface area contributed by atoms with Crippen molar-refractivity contribution >= 4 is 39.8 Å². The van der Waals surface area contributed by atoms with Gasteiger partial charge >= 0.3 is 36.8 Å². The van der Waals surface area contributed by atoms with Crippen molar-refractivity contribution in [3.05, 3.63) is 0 Å². The number of aliphatic hydroxyl groups is 1. The van der Waals surface area contributed by atoms with Crippen molar-refractivity contribution in [1.82, 2.24) is 10.6 Å². The van der Waals surface area contributed by atoms with Gasteiger partial charge in [0.15, 0.2) is 0 Å². The topological polar surface area (TPSA) is 233 Å². The van der Waals surface area contributed by atoms with Crippen LogP contribution in [0.4, 0.5) is 0 Å². The molecule has 18 heteroatoms. The number of carbonyl (C=O) groups is 5. The average molecular weight is 859 g/mol. The Hall–Kier alpha value is -2.26. The zero-order valence-corrected chi connectivity index (χ0v) is 38.7. The number of rotatable bonds is 33. The quantitative estimate of drug-likeness (QED) is 0.0213. The molecule has 0 radical (unpaired) electrons. The standard InChI is InChI=1S/C41H76N2O14S.Li/c1-11-15-17-31(13-3)26-57-36(47)33(23-30(5)34(45)42-29-54-19-16-12-2)25-41(9,38(49)56-22-21-53-10)27-40(8,37(48)55-20-18-44)24-32(14-4)35(46)43-39(6,7)28-58(50,51)52;/h30-33,44H,11-29H2,1-10H3,(H,42,45)(H,43,46)(H,50,51,52);/q;+1/p-1. The van der Waals surface area contributed by atoms with Gasteiger partial charge in [0.1, 0.15) is 19.9 Å². The van der Waals surface area contributed by atoms with Gasteiger partial charge in [-0.25, -0.2) is 8.42 Å². The number of carbonyl (C=O) groups excluding carboxylic acids is 5. The van der Waals surface area contributed by atoms with E-state index < -0.39 is 80.4 Å². The summed E-state index contributed by atoms with van der Waals surface area (Å²) < 4.78 is 62.2. The fraction of sp³-hybridized carbons (Fsp3) is 0.878. The molecule has 59 heavy (non-hydrogen) atoms. The Bertz CT molecular complexity index is 1370. The molecule has 16 nitrogen and oxygen atoms in total. The molecule has 6 atom stereocenters. The van der Waals surface area contributed by atoms with Crippen LogP contribution >= 0.6 is 0 Å². The van der Waals surface area contributed by atoms with Gasteiger partial charge in [0.05, 0.1) is 52.4 Å². The van der Waals surface area contributed by atoms with E-state index in [9.17, 15) is 42.0 Å². The average Bonchev–Trinajstić information content (AvgIpc) is 3.14. The maximum atomic E-state index is 14.2.